The van der Waals surface area contributed by atoms with Crippen LogP contribution in [0.3, 0.4) is 0 Å². The molecule has 0 aliphatic carbocycles. The van der Waals surface area contributed by atoms with E-state index in [-0.39, 0.29) is 17.9 Å². The van der Waals surface area contributed by atoms with E-state index in [1.165, 1.54) is 11.8 Å². The number of hydrogen-bond acceptors (Lipinski definition) is 6. The van der Waals surface area contributed by atoms with E-state index in [4.69, 9.17) is 9.84 Å². The van der Waals surface area contributed by atoms with Crippen LogP contribution in [-0.4, -0.2) is 60.2 Å². The third kappa shape index (κ3) is 12.2. The Bertz CT molecular complexity index is 484. The summed E-state index contributed by atoms with van der Waals surface area (Å²) < 4.78 is 28.1. The molecule has 2 N–H and O–H groups in total. The summed E-state index contributed by atoms with van der Waals surface area (Å²) in [6.45, 7) is 6.88. The van der Waals surface area contributed by atoms with Crippen molar-refractivity contribution in [3.05, 3.63) is 0 Å². The van der Waals surface area contributed by atoms with Crippen molar-refractivity contribution in [1.29, 1.82) is 0 Å². The lowest BCUT2D eigenvalue weighted by Gasteiger charge is -2.21. The Hall–Kier alpha value is -0.960. The van der Waals surface area contributed by atoms with Crippen LogP contribution in [0.4, 0.5) is 4.79 Å². The van der Waals surface area contributed by atoms with Crippen molar-refractivity contribution in [1.82, 2.24) is 5.32 Å². The Morgan fingerprint density at radius 1 is 1.22 bits per heavy atom. The maximum atomic E-state index is 11.6. The standard InChI is InChI=1S/C14H27NO6S2/c1-5-9-23(19,20)10-8-22-7-6-11(12(16)17)15-13(18)21-14(2,3)4/h11H,5-10H2,1-4H3,(H,15,18)(H,16,17). The van der Waals surface area contributed by atoms with Gasteiger partial charge < -0.3 is 15.2 Å². The summed E-state index contributed by atoms with van der Waals surface area (Å²) in [5, 5.41) is 11.4. The molecule has 9 heteroatoms. The number of ether oxygens (including phenoxy) is 1. The van der Waals surface area contributed by atoms with Crippen molar-refractivity contribution in [2.75, 3.05) is 23.0 Å². The minimum absolute atomic E-state index is 0.0861. The quantitative estimate of drug-likeness (QED) is 0.566. The Balaban J connectivity index is 4.16. The average Bonchev–Trinajstić information content (AvgIpc) is 2.34. The number of sulfone groups is 1. The van der Waals surface area contributed by atoms with Gasteiger partial charge in [0.1, 0.15) is 11.6 Å². The van der Waals surface area contributed by atoms with E-state index in [1.54, 1.807) is 20.8 Å². The zero-order chi connectivity index (χ0) is 18.1. The van der Waals surface area contributed by atoms with Crippen molar-refractivity contribution < 1.29 is 27.9 Å². The van der Waals surface area contributed by atoms with Crippen molar-refractivity contribution in [2.45, 2.75) is 52.2 Å². The van der Waals surface area contributed by atoms with E-state index in [9.17, 15) is 18.0 Å². The molecule has 23 heavy (non-hydrogen) atoms. The van der Waals surface area contributed by atoms with Gasteiger partial charge in [-0.3, -0.25) is 0 Å². The zero-order valence-corrected chi connectivity index (χ0v) is 15.8. The molecule has 1 amide bonds. The summed E-state index contributed by atoms with van der Waals surface area (Å²) >= 11 is 1.36. The van der Waals surface area contributed by atoms with Gasteiger partial charge in [0.2, 0.25) is 0 Å². The number of rotatable bonds is 10. The second kappa shape index (κ2) is 10.0. The summed E-state index contributed by atoms with van der Waals surface area (Å²) in [5.41, 5.74) is -0.699. The number of aliphatic carboxylic acids is 1. The lowest BCUT2D eigenvalue weighted by atomic mass is 10.2. The highest BCUT2D eigenvalue weighted by atomic mass is 32.2. The number of carboxylic acids is 1. The second-order valence-electron chi connectivity index (χ2n) is 6.09. The molecule has 0 aromatic rings. The molecule has 0 aliphatic rings. The van der Waals surface area contributed by atoms with Crippen molar-refractivity contribution in [2.24, 2.45) is 0 Å². The van der Waals surface area contributed by atoms with Crippen LogP contribution in [0.15, 0.2) is 0 Å². The molecule has 1 atom stereocenters. The maximum absolute atomic E-state index is 11.6. The zero-order valence-electron chi connectivity index (χ0n) is 14.1. The monoisotopic (exact) mass is 369 g/mol. The second-order valence-corrected chi connectivity index (χ2v) is 9.62. The summed E-state index contributed by atoms with van der Waals surface area (Å²) in [7, 11) is -3.01. The molecule has 0 aromatic heterocycles. The molecule has 0 saturated carbocycles. The highest BCUT2D eigenvalue weighted by Gasteiger charge is 2.23. The Morgan fingerprint density at radius 3 is 2.30 bits per heavy atom. The Kier molecular flexibility index (Phi) is 9.60. The van der Waals surface area contributed by atoms with E-state index in [0.29, 0.717) is 17.9 Å². The van der Waals surface area contributed by atoms with Gasteiger partial charge in [-0.25, -0.2) is 18.0 Å². The summed E-state index contributed by atoms with van der Waals surface area (Å²) in [6.07, 6.45) is 0.0152. The normalized spacial score (nSPS) is 13.4. The van der Waals surface area contributed by atoms with Crippen LogP contribution in [0.2, 0.25) is 0 Å². The molecule has 0 radical (unpaired) electrons. The molecule has 7 nitrogen and oxygen atoms in total. The van der Waals surface area contributed by atoms with E-state index in [1.807, 2.05) is 6.92 Å². The largest absolute Gasteiger partial charge is 0.480 e. The van der Waals surface area contributed by atoms with Gasteiger partial charge >= 0.3 is 12.1 Å². The lowest BCUT2D eigenvalue weighted by molar-refractivity contribution is -0.139. The van der Waals surface area contributed by atoms with Gasteiger partial charge in [0.15, 0.2) is 9.84 Å². The van der Waals surface area contributed by atoms with Crippen LogP contribution >= 0.6 is 11.8 Å². The first-order valence-corrected chi connectivity index (χ1v) is 10.4. The van der Waals surface area contributed by atoms with E-state index in [0.717, 1.165) is 0 Å². The molecular formula is C14H27NO6S2. The topological polar surface area (TPSA) is 110 Å². The van der Waals surface area contributed by atoms with E-state index < -0.39 is 33.5 Å². The van der Waals surface area contributed by atoms with Crippen LogP contribution in [0.1, 0.15) is 40.5 Å². The fraction of sp³-hybridized carbons (Fsp3) is 0.857. The molecule has 0 fully saturated rings. The summed E-state index contributed by atoms with van der Waals surface area (Å²) in [6, 6.07) is -1.05. The summed E-state index contributed by atoms with van der Waals surface area (Å²) in [4.78, 5) is 22.7. The Morgan fingerprint density at radius 2 is 1.83 bits per heavy atom. The van der Waals surface area contributed by atoms with Gasteiger partial charge in [0.25, 0.3) is 0 Å². The third-order valence-electron chi connectivity index (χ3n) is 2.59. The van der Waals surface area contributed by atoms with Gasteiger partial charge in [0.05, 0.1) is 5.75 Å². The number of nitrogens with one attached hydrogen (secondary N) is 1. The minimum Gasteiger partial charge on any atom is -0.480 e. The first-order valence-electron chi connectivity index (χ1n) is 7.47. The molecule has 0 aliphatic heterocycles. The van der Waals surface area contributed by atoms with Gasteiger partial charge in [-0.1, -0.05) is 6.92 Å². The molecule has 0 aromatic carbocycles. The molecule has 0 saturated heterocycles. The minimum atomic E-state index is -3.01. The molecule has 0 spiro atoms. The maximum Gasteiger partial charge on any atom is 0.408 e. The summed E-state index contributed by atoms with van der Waals surface area (Å²) in [5.74, 6) is -0.0286. The van der Waals surface area contributed by atoms with Gasteiger partial charge in [-0.05, 0) is 39.4 Å². The van der Waals surface area contributed by atoms with Crippen LogP contribution < -0.4 is 5.32 Å². The van der Waals surface area contributed by atoms with E-state index in [2.05, 4.69) is 5.32 Å². The fourth-order valence-electron chi connectivity index (χ4n) is 1.61. The number of carboxylic acid groups (broad SMARTS) is 1. The number of thioether (sulfide) groups is 1. The highest BCUT2D eigenvalue weighted by molar-refractivity contribution is 8.00. The van der Waals surface area contributed by atoms with Gasteiger partial charge in [-0.2, -0.15) is 11.8 Å². The first-order chi connectivity index (χ1) is 10.5. The number of alkyl carbamates (subject to hydrolysis) is 1. The van der Waals surface area contributed by atoms with Gasteiger partial charge in [0, 0.05) is 11.5 Å². The number of amides is 1. The molecule has 0 bridgehead atoms. The van der Waals surface area contributed by atoms with Crippen molar-refractivity contribution >= 4 is 33.7 Å². The number of carbonyl (C=O) groups is 2. The predicted octanol–water partition coefficient (Wildman–Crippen LogP) is 1.91. The Labute approximate surface area is 142 Å². The van der Waals surface area contributed by atoms with E-state index >= 15 is 0 Å². The molecule has 0 heterocycles. The van der Waals surface area contributed by atoms with Gasteiger partial charge in [-0.15, -0.1) is 0 Å². The smallest absolute Gasteiger partial charge is 0.408 e. The van der Waals surface area contributed by atoms with Crippen molar-refractivity contribution in [3.8, 4) is 0 Å². The van der Waals surface area contributed by atoms with Crippen LogP contribution in [0, 0.1) is 0 Å². The fourth-order valence-corrected chi connectivity index (χ4v) is 4.53. The highest BCUT2D eigenvalue weighted by Crippen LogP contribution is 2.10. The SMILES string of the molecule is CCCS(=O)(=O)CCSCCC(NC(=O)OC(C)(C)C)C(=O)O. The third-order valence-corrected chi connectivity index (χ3v) is 5.73. The molecular weight excluding hydrogens is 342 g/mol. The molecule has 0 rings (SSSR count). The average molecular weight is 370 g/mol. The predicted molar refractivity (Wildman–Crippen MR) is 91.7 cm³/mol. The number of hydrogen-bond donors (Lipinski definition) is 2. The lowest BCUT2D eigenvalue weighted by Crippen LogP contribution is -2.43. The van der Waals surface area contributed by atoms with Crippen molar-refractivity contribution in [3.63, 3.8) is 0 Å². The first kappa shape index (κ1) is 22.0. The molecule has 136 valence electrons. The van der Waals surface area contributed by atoms with Crippen LogP contribution in [0.5, 0.6) is 0 Å². The molecule has 1 unspecified atom stereocenters. The number of carbonyl (C=O) groups excluding carboxylic acids is 1. The van der Waals surface area contributed by atoms with Crippen LogP contribution in [-0.2, 0) is 19.4 Å². The van der Waals surface area contributed by atoms with Crippen LogP contribution in [0.25, 0.3) is 0 Å².